The highest BCUT2D eigenvalue weighted by atomic mass is 16.3. The van der Waals surface area contributed by atoms with Gasteiger partial charge in [0, 0.05) is 16.3 Å². The third-order valence-corrected chi connectivity index (χ3v) is 9.37. The van der Waals surface area contributed by atoms with E-state index in [1.807, 2.05) is 0 Å². The largest absolute Gasteiger partial charge is 0.455 e. The Balaban J connectivity index is 1.29. The summed E-state index contributed by atoms with van der Waals surface area (Å²) in [4.78, 5) is 0. The van der Waals surface area contributed by atoms with E-state index in [-0.39, 0.29) is 65.7 Å². The first-order valence-electron chi connectivity index (χ1n) is 29.6. The van der Waals surface area contributed by atoms with Gasteiger partial charge in [-0.3, -0.25) is 0 Å². The van der Waals surface area contributed by atoms with E-state index in [4.69, 9.17) is 29.1 Å². The maximum atomic E-state index is 9.91. The summed E-state index contributed by atoms with van der Waals surface area (Å²) < 4.78 is 239. The molecule has 0 aliphatic heterocycles. The topological polar surface area (TPSA) is 13.1 Å². The van der Waals surface area contributed by atoms with Gasteiger partial charge in [-0.15, -0.1) is 0 Å². The Morgan fingerprint density at radius 1 is 0.426 bits per heavy atom. The fraction of sp³-hybridized carbons (Fsp3) is 0.0189. The van der Waals surface area contributed by atoms with Crippen molar-refractivity contribution in [3.05, 3.63) is 205 Å². The molecule has 0 atom stereocenters. The van der Waals surface area contributed by atoms with Crippen molar-refractivity contribution in [2.75, 3.05) is 0 Å². The van der Waals surface area contributed by atoms with Gasteiger partial charge in [0.15, 0.2) is 0 Å². The smallest absolute Gasteiger partial charge is 0.143 e. The molecule has 1 heteroatoms. The summed E-state index contributed by atoms with van der Waals surface area (Å²) in [5.74, 6) is 0. The van der Waals surface area contributed by atoms with Crippen LogP contribution in [0.1, 0.15) is 46.8 Å². The average Bonchev–Trinajstić information content (AvgIpc) is 3.88. The van der Waals surface area contributed by atoms with Crippen molar-refractivity contribution in [1.29, 1.82) is 0 Å². The molecule has 0 N–H and O–H groups in total. The molecule has 0 saturated carbocycles. The van der Waals surface area contributed by atoms with Gasteiger partial charge in [-0.05, 0) is 113 Å². The minimum absolute atomic E-state index is 0.00752. The predicted molar refractivity (Wildman–Crippen MR) is 229 cm³/mol. The van der Waals surface area contributed by atoms with Gasteiger partial charge in [0.2, 0.25) is 0 Å². The molecule has 1 aromatic heterocycles. The van der Waals surface area contributed by atoms with Crippen LogP contribution in [-0.4, -0.2) is 0 Å². The van der Waals surface area contributed by atoms with E-state index in [9.17, 15) is 11.0 Å². The lowest BCUT2D eigenvalue weighted by molar-refractivity contribution is 0.670. The SMILES string of the molecule is [2H]c1c([2H])c([2H])c(-c2c([2H])c([2H])c([2H])c3c2oc2c([2H])c([2H])c(-c4cc(-c5c6c([2H])c([2H])c([2H])c([2H])c6c(Cc6c([2H])c([2H])c7c([2H])c([2H])c([2H])c([2H])c7c6[2H])c6c([2H])c([2H])c([2H])c([2H])c56)cc5ccccc45)c([2H])c23)c([2H])c1[2H]. The normalized spacial score (nSPS) is 18.5. The summed E-state index contributed by atoms with van der Waals surface area (Å²) in [5, 5.41) is -2.28. The zero-order valence-electron chi connectivity index (χ0n) is 53.6. The summed E-state index contributed by atoms with van der Waals surface area (Å²) in [5.41, 5.74) is -3.21. The van der Waals surface area contributed by atoms with Crippen molar-refractivity contribution in [1.82, 2.24) is 0 Å². The second-order valence-corrected chi connectivity index (χ2v) is 12.4. The molecular formula is C53H34O. The van der Waals surface area contributed by atoms with Crippen LogP contribution in [-0.2, 0) is 6.42 Å². The Labute approximate surface area is 349 Å². The molecular weight excluding hydrogens is 653 g/mol. The fourth-order valence-electron chi connectivity index (χ4n) is 7.02. The molecule has 11 rings (SSSR count). The molecule has 0 radical (unpaired) electrons. The van der Waals surface area contributed by atoms with E-state index in [0.717, 1.165) is 0 Å². The van der Waals surface area contributed by atoms with Gasteiger partial charge < -0.3 is 4.42 Å². The lowest BCUT2D eigenvalue weighted by Gasteiger charge is -2.19. The molecule has 0 aliphatic rings. The Morgan fingerprint density at radius 3 is 1.94 bits per heavy atom. The van der Waals surface area contributed by atoms with Crippen molar-refractivity contribution in [2.24, 2.45) is 0 Å². The van der Waals surface area contributed by atoms with Crippen LogP contribution in [0.15, 0.2) is 198 Å². The van der Waals surface area contributed by atoms with Gasteiger partial charge in [0.25, 0.3) is 0 Å². The van der Waals surface area contributed by atoms with Gasteiger partial charge in [-0.25, -0.2) is 0 Å². The van der Waals surface area contributed by atoms with Gasteiger partial charge in [-0.2, -0.15) is 0 Å². The van der Waals surface area contributed by atoms with Crippen molar-refractivity contribution >= 4 is 65.0 Å². The van der Waals surface area contributed by atoms with Crippen LogP contribution >= 0.6 is 0 Å². The second-order valence-electron chi connectivity index (χ2n) is 12.4. The van der Waals surface area contributed by atoms with Crippen molar-refractivity contribution < 1.29 is 40.1 Å². The van der Waals surface area contributed by atoms with Crippen LogP contribution in [0.5, 0.6) is 0 Å². The highest BCUT2D eigenvalue weighted by Crippen LogP contribution is 2.44. The molecule has 0 bridgehead atoms. The number of hydrogen-bond acceptors (Lipinski definition) is 1. The highest BCUT2D eigenvalue weighted by Gasteiger charge is 2.19. The van der Waals surface area contributed by atoms with Crippen molar-refractivity contribution in [3.63, 3.8) is 0 Å². The molecule has 1 heterocycles. The van der Waals surface area contributed by atoms with E-state index >= 15 is 0 Å². The Morgan fingerprint density at radius 2 is 1.13 bits per heavy atom. The van der Waals surface area contributed by atoms with Crippen LogP contribution in [0.2, 0.25) is 0 Å². The molecule has 0 spiro atoms. The number of benzene rings is 10. The van der Waals surface area contributed by atoms with E-state index < -0.39 is 197 Å². The van der Waals surface area contributed by atoms with E-state index in [2.05, 4.69) is 0 Å². The molecule has 0 aliphatic carbocycles. The highest BCUT2D eigenvalue weighted by molar-refractivity contribution is 6.17. The van der Waals surface area contributed by atoms with Crippen molar-refractivity contribution in [3.8, 4) is 33.4 Å². The monoisotopic (exact) mass is 712 g/mol. The minimum atomic E-state index is -0.793. The third kappa shape index (κ3) is 4.94. The summed E-state index contributed by atoms with van der Waals surface area (Å²) >= 11 is 0. The quantitative estimate of drug-likeness (QED) is 0.162. The molecule has 0 fully saturated rings. The first-order chi connectivity index (χ1) is 37.6. The minimum Gasteiger partial charge on any atom is -0.455 e. The van der Waals surface area contributed by atoms with Crippen molar-refractivity contribution in [2.45, 2.75) is 6.42 Å². The third-order valence-electron chi connectivity index (χ3n) is 9.37. The second kappa shape index (κ2) is 12.3. The number of furan rings is 1. The van der Waals surface area contributed by atoms with Gasteiger partial charge in [0.05, 0.1) is 35.6 Å². The Hall–Kier alpha value is -6.96. The molecule has 252 valence electrons. The van der Waals surface area contributed by atoms with Gasteiger partial charge in [-0.1, -0.05) is 169 Å². The van der Waals surface area contributed by atoms with Crippen LogP contribution in [0.3, 0.4) is 0 Å². The van der Waals surface area contributed by atoms with E-state index in [1.54, 1.807) is 30.3 Å². The molecule has 54 heavy (non-hydrogen) atoms. The first kappa shape index (κ1) is 14.5. The number of rotatable bonds is 5. The summed E-state index contributed by atoms with van der Waals surface area (Å²) in [6.07, 6.45) is -0.740. The summed E-state index contributed by atoms with van der Waals surface area (Å²) in [6.45, 7) is 0. The maximum absolute atomic E-state index is 9.91. The van der Waals surface area contributed by atoms with Crippen LogP contribution in [0.4, 0.5) is 0 Å². The zero-order chi connectivity index (χ0) is 58.2. The molecule has 0 saturated heterocycles. The number of fused-ring (bicyclic) bond motifs is 7. The van der Waals surface area contributed by atoms with E-state index in [0.29, 0.717) is 10.8 Å². The lowest BCUT2D eigenvalue weighted by Crippen LogP contribution is -1.96. The molecule has 11 aromatic rings. The first-order valence-corrected chi connectivity index (χ1v) is 16.6. The van der Waals surface area contributed by atoms with Crippen LogP contribution in [0, 0.1) is 0 Å². The Kier molecular flexibility index (Phi) is 3.30. The van der Waals surface area contributed by atoms with Crippen LogP contribution < -0.4 is 0 Å². The van der Waals surface area contributed by atoms with Crippen LogP contribution in [0.25, 0.3) is 98.4 Å². The number of hydrogen-bond donors (Lipinski definition) is 0. The molecule has 0 amide bonds. The maximum Gasteiger partial charge on any atom is 0.143 e. The molecule has 0 unspecified atom stereocenters. The fourth-order valence-corrected chi connectivity index (χ4v) is 7.02. The van der Waals surface area contributed by atoms with Gasteiger partial charge >= 0.3 is 0 Å². The molecule has 1 nitrogen and oxygen atoms in total. The van der Waals surface area contributed by atoms with Gasteiger partial charge in [0.1, 0.15) is 11.2 Å². The Bertz CT molecular complexity index is 4640. The standard InChI is InChI=1S/C53H34O/c1-2-14-36(15-3-1)42-23-12-24-47-50-32-39(27-28-51(50)54-53(42)47)48-33-40(31-38-17-6-7-18-41(38)48)52-45-21-10-8-19-43(45)49(44-20-9-11-22-46(44)52)30-34-25-26-35-13-4-5-16-37(35)29-34/h1-29,31-33H,30H2/i1D,2D,3D,4D,5D,8D,9D,10D,11D,12D,13D,14D,15D,16D,19D,20D,21D,22D,23D,24D,25D,26D,27D,28D,29D,32D. The summed E-state index contributed by atoms with van der Waals surface area (Å²) in [6, 6.07) is -9.58. The number of para-hydroxylation sites is 1. The van der Waals surface area contributed by atoms with E-state index in [1.165, 1.54) is 6.07 Å². The average molecular weight is 713 g/mol. The predicted octanol–water partition coefficient (Wildman–Crippen LogP) is 14.8. The zero-order valence-corrected chi connectivity index (χ0v) is 27.6. The molecule has 10 aromatic carbocycles. The lowest BCUT2D eigenvalue weighted by atomic mass is 9.84. The summed E-state index contributed by atoms with van der Waals surface area (Å²) in [7, 11) is 0.